The van der Waals surface area contributed by atoms with Crippen LogP contribution in [0.4, 0.5) is 5.69 Å². The Morgan fingerprint density at radius 3 is 2.45 bits per heavy atom. The van der Waals surface area contributed by atoms with Crippen molar-refractivity contribution in [2.45, 2.75) is 17.4 Å². The molecule has 0 radical (unpaired) electrons. The molecule has 3 rings (SSSR count). The van der Waals surface area contributed by atoms with Crippen molar-refractivity contribution in [3.63, 3.8) is 0 Å². The molecule has 0 bridgehead atoms. The first-order valence-electron chi connectivity index (χ1n) is 7.27. The summed E-state index contributed by atoms with van der Waals surface area (Å²) in [6.07, 6.45) is 0.438. The molecule has 2 heterocycles. The van der Waals surface area contributed by atoms with Crippen LogP contribution in [-0.2, 0) is 19.6 Å². The van der Waals surface area contributed by atoms with Crippen LogP contribution in [0.5, 0.6) is 0 Å². The van der Waals surface area contributed by atoms with Gasteiger partial charge in [-0.25, -0.2) is 8.42 Å². The summed E-state index contributed by atoms with van der Waals surface area (Å²) >= 11 is 0. The molecule has 0 aromatic heterocycles. The van der Waals surface area contributed by atoms with Gasteiger partial charge in [0.05, 0.1) is 24.2 Å². The van der Waals surface area contributed by atoms with E-state index in [9.17, 15) is 13.2 Å². The van der Waals surface area contributed by atoms with Crippen LogP contribution < -0.4 is 10.6 Å². The molecule has 2 saturated heterocycles. The Kier molecular flexibility index (Phi) is 4.32. The number of nitrogens with one attached hydrogen (secondary N) is 2. The minimum atomic E-state index is -3.46. The number of carbonyl (C=O) groups excluding carboxylic acids is 1. The van der Waals surface area contributed by atoms with Crippen molar-refractivity contribution in [2.75, 3.05) is 38.2 Å². The number of sulfonamides is 1. The van der Waals surface area contributed by atoms with Crippen molar-refractivity contribution in [1.82, 2.24) is 9.62 Å². The fourth-order valence-electron chi connectivity index (χ4n) is 2.60. The van der Waals surface area contributed by atoms with Gasteiger partial charge in [-0.1, -0.05) is 0 Å². The summed E-state index contributed by atoms with van der Waals surface area (Å²) < 4.78 is 31.6. The summed E-state index contributed by atoms with van der Waals surface area (Å²) in [7, 11) is -3.46. The van der Waals surface area contributed by atoms with Crippen LogP contribution in [0.25, 0.3) is 0 Å². The van der Waals surface area contributed by atoms with E-state index in [0.29, 0.717) is 39.3 Å². The molecule has 1 aromatic carbocycles. The Morgan fingerprint density at radius 1 is 1.18 bits per heavy atom. The van der Waals surface area contributed by atoms with Crippen molar-refractivity contribution >= 4 is 21.6 Å². The summed E-state index contributed by atoms with van der Waals surface area (Å²) in [6.45, 7) is 2.23. The van der Waals surface area contributed by atoms with Crippen molar-refractivity contribution in [1.29, 1.82) is 0 Å². The van der Waals surface area contributed by atoms with Gasteiger partial charge in [0, 0.05) is 31.7 Å². The smallest absolute Gasteiger partial charge is 0.243 e. The van der Waals surface area contributed by atoms with Gasteiger partial charge in [0.15, 0.2) is 0 Å². The standard InChI is InChI=1S/C14H19N3O4S/c18-14-9-12(10-15-14)16-11-1-3-13(4-2-11)22(19,20)17-5-7-21-8-6-17/h1-4,12,16H,5-10H2,(H,15,18). The van der Waals surface area contributed by atoms with Crippen molar-refractivity contribution in [3.05, 3.63) is 24.3 Å². The first-order valence-corrected chi connectivity index (χ1v) is 8.71. The highest BCUT2D eigenvalue weighted by Gasteiger charge is 2.26. The van der Waals surface area contributed by atoms with E-state index in [1.165, 1.54) is 4.31 Å². The Labute approximate surface area is 129 Å². The summed E-state index contributed by atoms with van der Waals surface area (Å²) in [5.41, 5.74) is 0.808. The SMILES string of the molecule is O=C1CC(Nc2ccc(S(=O)(=O)N3CCOCC3)cc2)CN1. The predicted molar refractivity (Wildman–Crippen MR) is 81.1 cm³/mol. The van der Waals surface area contributed by atoms with Gasteiger partial charge < -0.3 is 15.4 Å². The molecule has 0 saturated carbocycles. The van der Waals surface area contributed by atoms with Crippen LogP contribution in [0.3, 0.4) is 0 Å². The molecule has 1 aromatic rings. The fourth-order valence-corrected chi connectivity index (χ4v) is 4.01. The van der Waals surface area contributed by atoms with Crippen LogP contribution in [0.1, 0.15) is 6.42 Å². The lowest BCUT2D eigenvalue weighted by Gasteiger charge is -2.26. The van der Waals surface area contributed by atoms with Gasteiger partial charge >= 0.3 is 0 Å². The second-order valence-electron chi connectivity index (χ2n) is 5.39. The number of nitrogens with zero attached hydrogens (tertiary/aromatic N) is 1. The Balaban J connectivity index is 1.69. The number of rotatable bonds is 4. The van der Waals surface area contributed by atoms with Crippen molar-refractivity contribution < 1.29 is 17.9 Å². The molecule has 1 atom stereocenters. The quantitative estimate of drug-likeness (QED) is 0.814. The van der Waals surface area contributed by atoms with E-state index in [0.717, 1.165) is 5.69 Å². The first-order chi connectivity index (χ1) is 10.6. The maximum Gasteiger partial charge on any atom is 0.243 e. The van der Waals surface area contributed by atoms with Crippen LogP contribution in [0, 0.1) is 0 Å². The molecular formula is C14H19N3O4S. The zero-order valence-electron chi connectivity index (χ0n) is 12.1. The monoisotopic (exact) mass is 325 g/mol. The van der Waals surface area contributed by atoms with Gasteiger partial charge in [-0.2, -0.15) is 4.31 Å². The largest absolute Gasteiger partial charge is 0.380 e. The lowest BCUT2D eigenvalue weighted by molar-refractivity contribution is -0.119. The van der Waals surface area contributed by atoms with E-state index in [-0.39, 0.29) is 16.8 Å². The molecule has 0 spiro atoms. The average molecular weight is 325 g/mol. The number of benzene rings is 1. The van der Waals surface area contributed by atoms with Gasteiger partial charge in [0.2, 0.25) is 15.9 Å². The minimum absolute atomic E-state index is 0.0315. The molecule has 120 valence electrons. The van der Waals surface area contributed by atoms with Crippen LogP contribution in [0.2, 0.25) is 0 Å². The average Bonchev–Trinajstić information content (AvgIpc) is 2.94. The molecule has 2 aliphatic rings. The Morgan fingerprint density at radius 2 is 1.86 bits per heavy atom. The highest BCUT2D eigenvalue weighted by molar-refractivity contribution is 7.89. The maximum atomic E-state index is 12.5. The zero-order valence-corrected chi connectivity index (χ0v) is 12.9. The number of morpholine rings is 1. The van der Waals surface area contributed by atoms with E-state index < -0.39 is 10.0 Å². The Hall–Kier alpha value is -1.64. The molecule has 0 aliphatic carbocycles. The number of carbonyl (C=O) groups is 1. The molecule has 22 heavy (non-hydrogen) atoms. The number of hydrogen-bond donors (Lipinski definition) is 2. The van der Waals surface area contributed by atoms with Crippen LogP contribution >= 0.6 is 0 Å². The zero-order chi connectivity index (χ0) is 15.6. The van der Waals surface area contributed by atoms with Gasteiger partial charge in [0.25, 0.3) is 0 Å². The second kappa shape index (κ2) is 6.23. The van der Waals surface area contributed by atoms with E-state index in [2.05, 4.69) is 10.6 Å². The third-order valence-electron chi connectivity index (χ3n) is 3.81. The maximum absolute atomic E-state index is 12.5. The van der Waals surface area contributed by atoms with Crippen molar-refractivity contribution in [2.24, 2.45) is 0 Å². The van der Waals surface area contributed by atoms with E-state index in [1.807, 2.05) is 0 Å². The lowest BCUT2D eigenvalue weighted by Crippen LogP contribution is -2.40. The fraction of sp³-hybridized carbons (Fsp3) is 0.500. The van der Waals surface area contributed by atoms with E-state index in [4.69, 9.17) is 4.74 Å². The molecular weight excluding hydrogens is 306 g/mol. The van der Waals surface area contributed by atoms with Gasteiger partial charge in [-0.3, -0.25) is 4.79 Å². The first kappa shape index (κ1) is 15.3. The normalized spacial score (nSPS) is 23.3. The lowest BCUT2D eigenvalue weighted by atomic mass is 10.2. The summed E-state index contributed by atoms with van der Waals surface area (Å²) in [5, 5.41) is 5.97. The van der Waals surface area contributed by atoms with Crippen molar-refractivity contribution in [3.8, 4) is 0 Å². The molecule has 2 fully saturated rings. The summed E-state index contributed by atoms with van der Waals surface area (Å²) in [6, 6.07) is 6.70. The summed E-state index contributed by atoms with van der Waals surface area (Å²) in [4.78, 5) is 11.4. The predicted octanol–water partition coefficient (Wildman–Crippen LogP) is 0.00790. The highest BCUT2D eigenvalue weighted by atomic mass is 32.2. The topological polar surface area (TPSA) is 87.7 Å². The number of ether oxygens (including phenoxy) is 1. The van der Waals surface area contributed by atoms with Crippen LogP contribution in [-0.4, -0.2) is 57.5 Å². The second-order valence-corrected chi connectivity index (χ2v) is 7.33. The van der Waals surface area contributed by atoms with Gasteiger partial charge in [0.1, 0.15) is 0 Å². The van der Waals surface area contributed by atoms with Crippen LogP contribution in [0.15, 0.2) is 29.2 Å². The third kappa shape index (κ3) is 3.23. The number of hydrogen-bond acceptors (Lipinski definition) is 5. The highest BCUT2D eigenvalue weighted by Crippen LogP contribution is 2.20. The molecule has 7 nitrogen and oxygen atoms in total. The van der Waals surface area contributed by atoms with Gasteiger partial charge in [-0.05, 0) is 24.3 Å². The van der Waals surface area contributed by atoms with E-state index >= 15 is 0 Å². The molecule has 2 N–H and O–H groups in total. The Bertz CT molecular complexity index is 639. The third-order valence-corrected chi connectivity index (χ3v) is 5.72. The number of amides is 1. The summed E-state index contributed by atoms with van der Waals surface area (Å²) in [5.74, 6) is 0.0315. The molecule has 1 unspecified atom stereocenters. The van der Waals surface area contributed by atoms with Gasteiger partial charge in [-0.15, -0.1) is 0 Å². The minimum Gasteiger partial charge on any atom is -0.380 e. The van der Waals surface area contributed by atoms with E-state index in [1.54, 1.807) is 24.3 Å². The number of anilines is 1. The molecule has 8 heteroatoms. The molecule has 2 aliphatic heterocycles. The molecule has 1 amide bonds.